The van der Waals surface area contributed by atoms with E-state index < -0.39 is 28.8 Å². The number of hydrogen-bond acceptors (Lipinski definition) is 10. The minimum absolute atomic E-state index is 0.138. The van der Waals surface area contributed by atoms with Crippen molar-refractivity contribution in [2.75, 3.05) is 59.6 Å². The SMILES string of the molecule is C=CC(=O)OCC(COCCCO[Si](C)(C)O[Si](C)(C)CCCOCC(COC(=O)C=C)OPC)OPC. The number of esters is 2. The van der Waals surface area contributed by atoms with Gasteiger partial charge >= 0.3 is 20.5 Å². The van der Waals surface area contributed by atoms with Crippen LogP contribution in [-0.4, -0.2) is 101 Å². The molecule has 0 N–H and O–H groups in total. The quantitative estimate of drug-likeness (QED) is 0.0482. The summed E-state index contributed by atoms with van der Waals surface area (Å²) in [5.41, 5.74) is 0. The van der Waals surface area contributed by atoms with Crippen LogP contribution in [0.5, 0.6) is 0 Å². The van der Waals surface area contributed by atoms with Gasteiger partial charge in [-0.15, -0.1) is 0 Å². The minimum atomic E-state index is -2.29. The molecule has 0 fully saturated rings. The average molecular weight is 615 g/mol. The molecule has 38 heavy (non-hydrogen) atoms. The first-order valence-corrected chi connectivity index (χ1v) is 21.5. The maximum atomic E-state index is 11.3. The summed E-state index contributed by atoms with van der Waals surface area (Å²) in [7, 11) is -3.66. The number of ether oxygens (including phenoxy) is 4. The third-order valence-corrected chi connectivity index (χ3v) is 12.6. The summed E-state index contributed by atoms with van der Waals surface area (Å²) in [4.78, 5) is 22.5. The van der Waals surface area contributed by atoms with E-state index in [9.17, 15) is 9.59 Å². The molecule has 0 aliphatic heterocycles. The molecule has 0 aromatic heterocycles. The van der Waals surface area contributed by atoms with E-state index in [-0.39, 0.29) is 43.0 Å². The number of carbonyl (C=O) groups excluding carboxylic acids is 2. The molecular weight excluding hydrogens is 566 g/mol. The van der Waals surface area contributed by atoms with E-state index in [2.05, 4.69) is 39.3 Å². The average Bonchev–Trinajstić information content (AvgIpc) is 2.86. The summed E-state index contributed by atoms with van der Waals surface area (Å²) in [5.74, 6) is -0.944. The van der Waals surface area contributed by atoms with Crippen molar-refractivity contribution in [2.45, 2.75) is 57.3 Å². The normalized spacial score (nSPS) is 14.2. The lowest BCUT2D eigenvalue weighted by Crippen LogP contribution is -2.46. The van der Waals surface area contributed by atoms with Crippen LogP contribution in [0.4, 0.5) is 0 Å². The molecule has 0 radical (unpaired) electrons. The van der Waals surface area contributed by atoms with Gasteiger partial charge in [0.1, 0.15) is 25.4 Å². The highest BCUT2D eigenvalue weighted by atomic mass is 31.1. The molecule has 0 aliphatic rings. The Labute approximate surface area is 234 Å². The summed E-state index contributed by atoms with van der Waals surface area (Å²) in [6.07, 6.45) is 3.28. The molecule has 0 rings (SSSR count). The van der Waals surface area contributed by atoms with Gasteiger partial charge in [0.15, 0.2) is 8.32 Å². The van der Waals surface area contributed by atoms with Crippen molar-refractivity contribution in [2.24, 2.45) is 0 Å². The molecule has 0 aromatic carbocycles. The van der Waals surface area contributed by atoms with Crippen molar-refractivity contribution in [3.8, 4) is 0 Å². The van der Waals surface area contributed by atoms with Gasteiger partial charge in [0, 0.05) is 49.6 Å². The zero-order valence-electron chi connectivity index (χ0n) is 23.9. The van der Waals surface area contributed by atoms with E-state index >= 15 is 0 Å². The van der Waals surface area contributed by atoms with Crippen LogP contribution >= 0.6 is 17.6 Å². The predicted octanol–water partition coefficient (Wildman–Crippen LogP) is 4.42. The lowest BCUT2D eigenvalue weighted by atomic mass is 10.4. The molecule has 0 spiro atoms. The van der Waals surface area contributed by atoms with Crippen molar-refractivity contribution >= 4 is 46.4 Å². The van der Waals surface area contributed by atoms with Crippen LogP contribution in [0.2, 0.25) is 32.2 Å². The maximum Gasteiger partial charge on any atom is 0.330 e. The first-order valence-electron chi connectivity index (χ1n) is 12.7. The van der Waals surface area contributed by atoms with Crippen LogP contribution in [-0.2, 0) is 46.1 Å². The van der Waals surface area contributed by atoms with Gasteiger partial charge in [0.2, 0.25) is 0 Å². The zero-order valence-corrected chi connectivity index (χ0v) is 27.9. The summed E-state index contributed by atoms with van der Waals surface area (Å²) in [6, 6.07) is 0.943. The lowest BCUT2D eigenvalue weighted by Gasteiger charge is -2.33. The molecule has 10 nitrogen and oxygen atoms in total. The fourth-order valence-corrected chi connectivity index (χ4v) is 11.8. The number of rotatable bonds is 25. The van der Waals surface area contributed by atoms with Crippen LogP contribution in [0.15, 0.2) is 25.3 Å². The third kappa shape index (κ3) is 21.3. The smallest absolute Gasteiger partial charge is 0.330 e. The van der Waals surface area contributed by atoms with Crippen molar-refractivity contribution < 1.29 is 46.1 Å². The first kappa shape index (κ1) is 37.5. The van der Waals surface area contributed by atoms with Gasteiger partial charge in [-0.25, -0.2) is 9.59 Å². The highest BCUT2D eigenvalue weighted by molar-refractivity contribution is 7.31. The Morgan fingerprint density at radius 2 is 1.24 bits per heavy atom. The molecule has 0 bridgehead atoms. The summed E-state index contributed by atoms with van der Waals surface area (Å²) in [5, 5.41) is 0. The third-order valence-electron chi connectivity index (χ3n) is 4.81. The van der Waals surface area contributed by atoms with Crippen LogP contribution in [0.25, 0.3) is 0 Å². The minimum Gasteiger partial charge on any atom is -0.460 e. The van der Waals surface area contributed by atoms with Crippen molar-refractivity contribution in [1.82, 2.24) is 0 Å². The van der Waals surface area contributed by atoms with E-state index in [4.69, 9.17) is 36.5 Å². The summed E-state index contributed by atoms with van der Waals surface area (Å²) < 4.78 is 45.3. The molecule has 0 saturated heterocycles. The molecule has 0 aromatic rings. The van der Waals surface area contributed by atoms with Crippen LogP contribution in [0.1, 0.15) is 12.8 Å². The Hall–Kier alpha value is -0.526. The molecule has 0 amide bonds. The van der Waals surface area contributed by atoms with Crippen molar-refractivity contribution in [3.05, 3.63) is 25.3 Å². The Kier molecular flexibility index (Phi) is 21.9. The highest BCUT2D eigenvalue weighted by Crippen LogP contribution is 2.21. The Morgan fingerprint density at radius 1 is 0.763 bits per heavy atom. The highest BCUT2D eigenvalue weighted by Gasteiger charge is 2.34. The second-order valence-electron chi connectivity index (χ2n) is 9.27. The topological polar surface area (TPSA) is 108 Å². The van der Waals surface area contributed by atoms with Gasteiger partial charge < -0.3 is 36.5 Å². The van der Waals surface area contributed by atoms with Crippen molar-refractivity contribution in [3.63, 3.8) is 0 Å². The number of carbonyl (C=O) groups is 2. The second kappa shape index (κ2) is 22.2. The van der Waals surface area contributed by atoms with Gasteiger partial charge in [-0.05, 0) is 58.4 Å². The second-order valence-corrected chi connectivity index (χ2v) is 18.5. The fraction of sp³-hybridized carbons (Fsp3) is 0.750. The van der Waals surface area contributed by atoms with Crippen molar-refractivity contribution in [1.29, 1.82) is 0 Å². The largest absolute Gasteiger partial charge is 0.460 e. The monoisotopic (exact) mass is 614 g/mol. The van der Waals surface area contributed by atoms with Gasteiger partial charge in [0.05, 0.1) is 13.2 Å². The molecule has 4 atom stereocenters. The molecule has 222 valence electrons. The van der Waals surface area contributed by atoms with E-state index in [1.807, 2.05) is 13.3 Å². The predicted molar refractivity (Wildman–Crippen MR) is 158 cm³/mol. The fourth-order valence-electron chi connectivity index (χ4n) is 3.29. The molecule has 0 heterocycles. The maximum absolute atomic E-state index is 11.3. The van der Waals surface area contributed by atoms with E-state index in [0.29, 0.717) is 33.0 Å². The van der Waals surface area contributed by atoms with Crippen LogP contribution in [0.3, 0.4) is 0 Å². The molecule has 0 aliphatic carbocycles. The van der Waals surface area contributed by atoms with Crippen LogP contribution in [0, 0.1) is 0 Å². The molecule has 4 unspecified atom stereocenters. The first-order chi connectivity index (χ1) is 18.0. The summed E-state index contributed by atoms with van der Waals surface area (Å²) in [6.45, 7) is 21.8. The van der Waals surface area contributed by atoms with Crippen LogP contribution < -0.4 is 0 Å². The van der Waals surface area contributed by atoms with Gasteiger partial charge in [-0.1, -0.05) is 13.2 Å². The lowest BCUT2D eigenvalue weighted by molar-refractivity contribution is -0.141. The molecule has 0 saturated carbocycles. The van der Waals surface area contributed by atoms with E-state index in [1.54, 1.807) is 0 Å². The Bertz CT molecular complexity index is 683. The van der Waals surface area contributed by atoms with E-state index in [0.717, 1.165) is 31.0 Å². The van der Waals surface area contributed by atoms with Gasteiger partial charge in [0.25, 0.3) is 0 Å². The van der Waals surface area contributed by atoms with Gasteiger partial charge in [-0.3, -0.25) is 0 Å². The van der Waals surface area contributed by atoms with E-state index in [1.165, 1.54) is 0 Å². The molecular formula is C24H48O10P2Si2. The Morgan fingerprint density at radius 3 is 1.68 bits per heavy atom. The standard InChI is InChI=1S/C24H48O10P2Si2/c1-9-23(25)29-19-21(32-35-3)17-27-13-11-15-31-38(7,8)34-37(5,6)16-12-14-28-18-22(33-36-4)20-30-24(26)10-2/h9-10,21-22,35-36H,1-2,11-20H2,3-8H3. The summed E-state index contributed by atoms with van der Waals surface area (Å²) >= 11 is 0. The molecule has 14 heteroatoms. The Balaban J connectivity index is 4.17. The zero-order chi connectivity index (χ0) is 28.9. The van der Waals surface area contributed by atoms with Gasteiger partial charge in [-0.2, -0.15) is 0 Å². The number of hydrogen-bond donors (Lipinski definition) is 0.